The molecule has 2 unspecified atom stereocenters. The van der Waals surface area contributed by atoms with Crippen molar-refractivity contribution in [2.24, 2.45) is 5.41 Å². The van der Waals surface area contributed by atoms with Crippen LogP contribution in [0.4, 0.5) is 0 Å². The molecule has 0 aromatic rings. The maximum absolute atomic E-state index is 11.7. The molecule has 0 bridgehead atoms. The van der Waals surface area contributed by atoms with Crippen molar-refractivity contribution in [1.82, 2.24) is 0 Å². The fraction of sp³-hybridized carbons (Fsp3) is 0.833. The first kappa shape index (κ1) is 14.0. The van der Waals surface area contributed by atoms with Gasteiger partial charge < -0.3 is 14.6 Å². The number of hydrogen-bond donors (Lipinski definition) is 1. The minimum absolute atomic E-state index is 0.0862. The fourth-order valence-corrected chi connectivity index (χ4v) is 1.91. The Morgan fingerprint density at radius 1 is 1.53 bits per heavy atom. The van der Waals surface area contributed by atoms with Gasteiger partial charge in [-0.15, -0.1) is 0 Å². The largest absolute Gasteiger partial charge is 0.480 e. The molecule has 98 valence electrons. The fourth-order valence-electron chi connectivity index (χ4n) is 1.91. The van der Waals surface area contributed by atoms with Gasteiger partial charge >= 0.3 is 11.9 Å². The van der Waals surface area contributed by atoms with E-state index < -0.39 is 17.4 Å². The lowest BCUT2D eigenvalue weighted by molar-refractivity contribution is -0.168. The summed E-state index contributed by atoms with van der Waals surface area (Å²) in [5, 5.41) is 9.16. The summed E-state index contributed by atoms with van der Waals surface area (Å²) < 4.78 is 10.2. The summed E-state index contributed by atoms with van der Waals surface area (Å²) in [7, 11) is 0. The summed E-state index contributed by atoms with van der Waals surface area (Å²) in [4.78, 5) is 22.9. The molecule has 0 amide bonds. The Morgan fingerprint density at radius 3 is 2.71 bits per heavy atom. The average Bonchev–Trinajstić information content (AvgIpc) is 2.78. The molecule has 1 N–H and O–H groups in total. The number of aliphatic carboxylic acids is 1. The van der Waals surface area contributed by atoms with Gasteiger partial charge in [-0.2, -0.15) is 0 Å². The first-order valence-electron chi connectivity index (χ1n) is 6.03. The summed E-state index contributed by atoms with van der Waals surface area (Å²) in [6, 6.07) is 0. The van der Waals surface area contributed by atoms with Crippen molar-refractivity contribution in [3.8, 4) is 0 Å². The molecular formula is C12H20O5. The molecule has 0 saturated carbocycles. The van der Waals surface area contributed by atoms with Crippen LogP contribution in [0.2, 0.25) is 0 Å². The van der Waals surface area contributed by atoms with Crippen molar-refractivity contribution >= 4 is 11.9 Å². The van der Waals surface area contributed by atoms with E-state index >= 15 is 0 Å². The number of hydrogen-bond acceptors (Lipinski definition) is 4. The predicted molar refractivity (Wildman–Crippen MR) is 60.6 cm³/mol. The van der Waals surface area contributed by atoms with Crippen LogP contribution in [0, 0.1) is 5.41 Å². The number of carboxylic acids is 1. The topological polar surface area (TPSA) is 72.8 Å². The second kappa shape index (κ2) is 6.00. The normalized spacial score (nSPS) is 23.1. The number of carbonyl (C=O) groups is 2. The van der Waals surface area contributed by atoms with Gasteiger partial charge in [0.25, 0.3) is 0 Å². The summed E-state index contributed by atoms with van der Waals surface area (Å²) >= 11 is 0. The molecule has 1 fully saturated rings. The van der Waals surface area contributed by atoms with Gasteiger partial charge in [-0.05, 0) is 39.5 Å². The van der Waals surface area contributed by atoms with Crippen LogP contribution in [0.5, 0.6) is 0 Å². The number of ether oxygens (including phenoxy) is 2. The molecular weight excluding hydrogens is 224 g/mol. The van der Waals surface area contributed by atoms with Gasteiger partial charge in [0.2, 0.25) is 0 Å². The molecule has 5 heteroatoms. The molecule has 0 aromatic heterocycles. The minimum Gasteiger partial charge on any atom is -0.480 e. The van der Waals surface area contributed by atoms with Crippen molar-refractivity contribution in [2.75, 3.05) is 13.2 Å². The zero-order chi connectivity index (χ0) is 12.9. The van der Waals surface area contributed by atoms with Gasteiger partial charge in [-0.25, -0.2) is 0 Å². The van der Waals surface area contributed by atoms with Crippen molar-refractivity contribution in [1.29, 1.82) is 0 Å². The molecule has 5 nitrogen and oxygen atoms in total. The standard InChI is InChI=1S/C12H20O5/c1-3-16-11(15)12(2,10(13)14)7-6-9-5-4-8-17-9/h9H,3-8H2,1-2H3,(H,13,14). The van der Waals surface area contributed by atoms with Crippen LogP contribution >= 0.6 is 0 Å². The third-order valence-electron chi connectivity index (χ3n) is 3.19. The molecule has 1 saturated heterocycles. The maximum Gasteiger partial charge on any atom is 0.323 e. The Balaban J connectivity index is 2.57. The summed E-state index contributed by atoms with van der Waals surface area (Å²) in [6.45, 7) is 4.01. The van der Waals surface area contributed by atoms with Crippen LogP contribution in [0.3, 0.4) is 0 Å². The van der Waals surface area contributed by atoms with Crippen LogP contribution in [0.25, 0.3) is 0 Å². The van der Waals surface area contributed by atoms with E-state index in [4.69, 9.17) is 14.6 Å². The Labute approximate surface area is 101 Å². The quantitative estimate of drug-likeness (QED) is 0.567. The lowest BCUT2D eigenvalue weighted by Gasteiger charge is -2.23. The molecule has 17 heavy (non-hydrogen) atoms. The van der Waals surface area contributed by atoms with Crippen molar-refractivity contribution in [3.63, 3.8) is 0 Å². The van der Waals surface area contributed by atoms with E-state index in [1.54, 1.807) is 6.92 Å². The molecule has 2 atom stereocenters. The molecule has 0 aliphatic carbocycles. The highest BCUT2D eigenvalue weighted by Gasteiger charge is 2.43. The Hall–Kier alpha value is -1.10. The third-order valence-corrected chi connectivity index (χ3v) is 3.19. The van der Waals surface area contributed by atoms with E-state index in [9.17, 15) is 9.59 Å². The average molecular weight is 244 g/mol. The number of carboxylic acid groups (broad SMARTS) is 1. The van der Waals surface area contributed by atoms with Gasteiger partial charge in [-0.1, -0.05) is 0 Å². The van der Waals surface area contributed by atoms with Crippen LogP contribution in [-0.2, 0) is 19.1 Å². The molecule has 0 spiro atoms. The van der Waals surface area contributed by atoms with Crippen molar-refractivity contribution in [3.05, 3.63) is 0 Å². The number of rotatable bonds is 6. The monoisotopic (exact) mass is 244 g/mol. The minimum atomic E-state index is -1.46. The van der Waals surface area contributed by atoms with Crippen LogP contribution in [-0.4, -0.2) is 36.4 Å². The van der Waals surface area contributed by atoms with E-state index in [2.05, 4.69) is 0 Å². The molecule has 1 aliphatic rings. The SMILES string of the molecule is CCOC(=O)C(C)(CCC1CCCO1)C(=O)O. The second-order valence-electron chi connectivity index (χ2n) is 4.53. The number of esters is 1. The predicted octanol–water partition coefficient (Wildman–Crippen LogP) is 1.60. The lowest BCUT2D eigenvalue weighted by atomic mass is 9.84. The van der Waals surface area contributed by atoms with Crippen LogP contribution < -0.4 is 0 Å². The van der Waals surface area contributed by atoms with Gasteiger partial charge in [0.05, 0.1) is 12.7 Å². The zero-order valence-corrected chi connectivity index (χ0v) is 10.4. The van der Waals surface area contributed by atoms with Crippen LogP contribution in [0.1, 0.15) is 39.5 Å². The van der Waals surface area contributed by atoms with Crippen LogP contribution in [0.15, 0.2) is 0 Å². The van der Waals surface area contributed by atoms with E-state index in [-0.39, 0.29) is 19.1 Å². The Bertz CT molecular complexity index is 283. The highest BCUT2D eigenvalue weighted by molar-refractivity contribution is 5.98. The van der Waals surface area contributed by atoms with Gasteiger partial charge in [0, 0.05) is 6.61 Å². The molecule has 0 aromatic carbocycles. The second-order valence-corrected chi connectivity index (χ2v) is 4.53. The highest BCUT2D eigenvalue weighted by atomic mass is 16.5. The van der Waals surface area contributed by atoms with E-state index in [0.29, 0.717) is 6.42 Å². The highest BCUT2D eigenvalue weighted by Crippen LogP contribution is 2.29. The molecule has 0 radical (unpaired) electrons. The van der Waals surface area contributed by atoms with Crippen molar-refractivity contribution < 1.29 is 24.2 Å². The summed E-state index contributed by atoms with van der Waals surface area (Å²) in [6.07, 6.45) is 2.88. The zero-order valence-electron chi connectivity index (χ0n) is 10.4. The summed E-state index contributed by atoms with van der Waals surface area (Å²) in [5.74, 6) is -1.79. The van der Waals surface area contributed by atoms with Gasteiger partial charge in [0.1, 0.15) is 0 Å². The molecule has 1 aliphatic heterocycles. The van der Waals surface area contributed by atoms with Gasteiger partial charge in [0.15, 0.2) is 5.41 Å². The number of carbonyl (C=O) groups excluding carboxylic acids is 1. The molecule has 1 rings (SSSR count). The summed E-state index contributed by atoms with van der Waals surface area (Å²) in [5.41, 5.74) is -1.46. The van der Waals surface area contributed by atoms with Gasteiger partial charge in [-0.3, -0.25) is 9.59 Å². The maximum atomic E-state index is 11.7. The smallest absolute Gasteiger partial charge is 0.323 e. The van der Waals surface area contributed by atoms with E-state index in [0.717, 1.165) is 19.4 Å². The Morgan fingerprint density at radius 2 is 2.24 bits per heavy atom. The van der Waals surface area contributed by atoms with Crippen molar-refractivity contribution in [2.45, 2.75) is 45.6 Å². The first-order valence-corrected chi connectivity index (χ1v) is 6.03. The third kappa shape index (κ3) is 3.43. The first-order chi connectivity index (χ1) is 8.00. The van der Waals surface area contributed by atoms with E-state index in [1.807, 2.05) is 0 Å². The Kier molecular flexibility index (Phi) is 4.93. The lowest BCUT2D eigenvalue weighted by Crippen LogP contribution is -2.38. The van der Waals surface area contributed by atoms with E-state index in [1.165, 1.54) is 6.92 Å². The molecule has 1 heterocycles.